The second kappa shape index (κ2) is 15.9. The molecule has 0 saturated heterocycles. The van der Waals surface area contributed by atoms with Gasteiger partial charge in [0, 0.05) is 17.7 Å². The van der Waals surface area contributed by atoms with Gasteiger partial charge in [0.05, 0.1) is 5.02 Å². The number of aliphatic carboxylic acids is 3. The number of Topliss-reactive ketones (excluding diaryl/α,β-unsaturated/α-hetero) is 1. The molecule has 3 unspecified atom stereocenters. The van der Waals surface area contributed by atoms with Gasteiger partial charge in [0.2, 0.25) is 17.3 Å². The number of ketones is 1. The smallest absolute Gasteiger partial charge is 0.355 e. The molecule has 7 N–H and O–H groups in total. The lowest BCUT2D eigenvalue weighted by Gasteiger charge is -2.21. The number of allylic oxidation sites excluding steroid dienone is 1. The number of nitrogens with two attached hydrogens (primary N) is 1. The molecule has 0 aliphatic rings. The van der Waals surface area contributed by atoms with Crippen molar-refractivity contribution in [3.8, 4) is 5.75 Å². The van der Waals surface area contributed by atoms with Gasteiger partial charge in [0.25, 0.3) is 0 Å². The van der Waals surface area contributed by atoms with E-state index >= 15 is 0 Å². The molecule has 0 aliphatic carbocycles. The van der Waals surface area contributed by atoms with Crippen molar-refractivity contribution in [2.24, 2.45) is 5.73 Å². The third kappa shape index (κ3) is 10.8. The first-order chi connectivity index (χ1) is 18.2. The quantitative estimate of drug-likeness (QED) is 0.0842. The molecule has 13 nitrogen and oxygen atoms in total. The lowest BCUT2D eigenvalue weighted by Crippen LogP contribution is -2.50. The second-order valence-electron chi connectivity index (χ2n) is 7.86. The van der Waals surface area contributed by atoms with Gasteiger partial charge in [-0.2, -0.15) is 0 Å². The largest absolute Gasteiger partial charge is 0.480 e. The molecule has 0 saturated carbocycles. The third-order valence-electron chi connectivity index (χ3n) is 4.95. The predicted octanol–water partition coefficient (Wildman–Crippen LogP) is 1.54. The summed E-state index contributed by atoms with van der Waals surface area (Å²) in [4.78, 5) is 70.6. The first-order valence-corrected chi connectivity index (χ1v) is 13.0. The van der Waals surface area contributed by atoms with Crippen molar-refractivity contribution < 1.29 is 48.8 Å². The molecule has 16 heteroatoms. The molecule has 1 aromatic rings. The van der Waals surface area contributed by atoms with Crippen molar-refractivity contribution in [3.63, 3.8) is 0 Å². The van der Waals surface area contributed by atoms with E-state index in [1.807, 2.05) is 0 Å². The van der Waals surface area contributed by atoms with Gasteiger partial charge in [-0.05, 0) is 30.5 Å². The number of thioether (sulfide) groups is 1. The van der Waals surface area contributed by atoms with Crippen molar-refractivity contribution in [2.45, 2.75) is 43.7 Å². The van der Waals surface area contributed by atoms with Crippen LogP contribution in [-0.2, 0) is 24.0 Å². The monoisotopic (exact) mass is 607 g/mol. The molecule has 1 rings (SSSR count). The minimum atomic E-state index is -1.68. The van der Waals surface area contributed by atoms with Crippen LogP contribution in [0.25, 0.3) is 0 Å². The molecule has 0 bridgehead atoms. The van der Waals surface area contributed by atoms with Crippen LogP contribution in [0, 0.1) is 0 Å². The summed E-state index contributed by atoms with van der Waals surface area (Å²) in [7, 11) is 0. The summed E-state index contributed by atoms with van der Waals surface area (Å²) in [5.74, 6) is -6.94. The zero-order valence-corrected chi connectivity index (χ0v) is 22.9. The van der Waals surface area contributed by atoms with Gasteiger partial charge in [-0.15, -0.1) is 11.8 Å². The number of amides is 2. The lowest BCUT2D eigenvalue weighted by atomic mass is 10.0. The Kier molecular flexibility index (Phi) is 13.8. The SMILES string of the molecule is C=C(CC)C(=O)c1ccc(OC(SCC(NC(=O)CCC(N)C(=O)O)C(=O)NCC(=O)O)C(=O)O)c(Cl)c1Cl. The van der Waals surface area contributed by atoms with Gasteiger partial charge in [-0.1, -0.05) is 36.7 Å². The summed E-state index contributed by atoms with van der Waals surface area (Å²) < 4.78 is 5.44. The molecule has 0 aromatic heterocycles. The summed E-state index contributed by atoms with van der Waals surface area (Å²) >= 11 is 13.0. The van der Waals surface area contributed by atoms with Gasteiger partial charge in [-0.25, -0.2) is 4.79 Å². The first kappa shape index (κ1) is 33.7. The van der Waals surface area contributed by atoms with Gasteiger partial charge >= 0.3 is 17.9 Å². The fourth-order valence-electron chi connectivity index (χ4n) is 2.75. The maximum absolute atomic E-state index is 12.5. The number of hydrogen-bond donors (Lipinski definition) is 6. The highest BCUT2D eigenvalue weighted by molar-refractivity contribution is 8.00. The minimum absolute atomic E-state index is 0.0425. The Bertz CT molecular complexity index is 1150. The fraction of sp³-hybridized carbons (Fsp3) is 0.391. The van der Waals surface area contributed by atoms with Crippen molar-refractivity contribution in [3.05, 3.63) is 39.9 Å². The Morgan fingerprint density at radius 2 is 1.72 bits per heavy atom. The highest BCUT2D eigenvalue weighted by Gasteiger charge is 2.29. The van der Waals surface area contributed by atoms with Crippen LogP contribution < -0.4 is 21.1 Å². The molecule has 0 fully saturated rings. The third-order valence-corrected chi connectivity index (χ3v) is 6.95. The molecule has 1 aromatic carbocycles. The zero-order chi connectivity index (χ0) is 29.9. The fourth-order valence-corrected chi connectivity index (χ4v) is 4.12. The predicted molar refractivity (Wildman–Crippen MR) is 142 cm³/mol. The van der Waals surface area contributed by atoms with Gasteiger partial charge in [0.1, 0.15) is 29.4 Å². The standard InChI is InChI=1S/C23H27Cl2N3O10S/c1-3-10(2)19(32)11-4-6-14(18(25)17(11)24)38-23(22(36)37)39-9-13(20(33)27-8-16(30)31)28-15(29)7-5-12(26)21(34)35/h4,6,12-13,23H,2-3,5,7-9,26H2,1H3,(H,27,33)(H,28,29)(H,30,31)(H,34,35)(H,36,37). The number of nitrogens with one attached hydrogen (secondary N) is 2. The zero-order valence-electron chi connectivity index (χ0n) is 20.6. The number of carboxylic acid groups (broad SMARTS) is 3. The summed E-state index contributed by atoms with van der Waals surface area (Å²) in [5, 5.41) is 31.2. The van der Waals surface area contributed by atoms with E-state index in [0.717, 1.165) is 0 Å². The molecule has 0 heterocycles. The Labute approximate surface area is 237 Å². The van der Waals surface area contributed by atoms with E-state index in [0.29, 0.717) is 18.2 Å². The molecule has 3 atom stereocenters. The minimum Gasteiger partial charge on any atom is -0.480 e. The maximum atomic E-state index is 12.5. The number of ether oxygens (including phenoxy) is 1. The van der Waals surface area contributed by atoms with Crippen LogP contribution in [0.5, 0.6) is 5.75 Å². The number of hydrogen-bond acceptors (Lipinski definition) is 9. The molecule has 0 radical (unpaired) electrons. The molecular formula is C23H27Cl2N3O10S. The van der Waals surface area contributed by atoms with Gasteiger partial charge < -0.3 is 36.4 Å². The Morgan fingerprint density at radius 1 is 1.08 bits per heavy atom. The molecule has 0 aliphatic heterocycles. The number of halogens is 2. The van der Waals surface area contributed by atoms with Crippen LogP contribution in [0.15, 0.2) is 24.3 Å². The van der Waals surface area contributed by atoms with Crippen LogP contribution in [-0.4, -0.2) is 80.6 Å². The van der Waals surface area contributed by atoms with Gasteiger partial charge in [-0.3, -0.25) is 24.0 Å². The average molecular weight is 608 g/mol. The van der Waals surface area contributed by atoms with E-state index in [1.165, 1.54) is 12.1 Å². The molecule has 39 heavy (non-hydrogen) atoms. The number of carbonyl (C=O) groups is 6. The Hall–Kier alpha value is -3.33. The molecule has 214 valence electrons. The van der Waals surface area contributed by atoms with E-state index in [-0.39, 0.29) is 39.8 Å². The summed E-state index contributed by atoms with van der Waals surface area (Å²) in [6.07, 6.45) is -0.252. The van der Waals surface area contributed by atoms with E-state index in [1.54, 1.807) is 6.92 Å². The first-order valence-electron chi connectivity index (χ1n) is 11.2. The number of rotatable bonds is 17. The van der Waals surface area contributed by atoms with E-state index in [2.05, 4.69) is 17.2 Å². The van der Waals surface area contributed by atoms with Gasteiger partial charge in [0.15, 0.2) is 5.78 Å². The summed E-state index contributed by atoms with van der Waals surface area (Å²) in [6.45, 7) is 4.60. The van der Waals surface area contributed by atoms with Crippen LogP contribution >= 0.6 is 35.0 Å². The lowest BCUT2D eigenvalue weighted by molar-refractivity contribution is -0.141. The highest BCUT2D eigenvalue weighted by Crippen LogP contribution is 2.37. The highest BCUT2D eigenvalue weighted by atomic mass is 35.5. The number of carboxylic acids is 3. The van der Waals surface area contributed by atoms with Crippen molar-refractivity contribution >= 4 is 70.5 Å². The molecule has 2 amide bonds. The Morgan fingerprint density at radius 3 is 2.26 bits per heavy atom. The maximum Gasteiger partial charge on any atom is 0.355 e. The number of carbonyl (C=O) groups excluding carboxylic acids is 3. The molecular weight excluding hydrogens is 581 g/mol. The Balaban J connectivity index is 3.05. The summed E-state index contributed by atoms with van der Waals surface area (Å²) in [5.41, 5.74) is 4.00. The van der Waals surface area contributed by atoms with Crippen LogP contribution in [0.1, 0.15) is 36.5 Å². The van der Waals surface area contributed by atoms with Crippen molar-refractivity contribution in [1.29, 1.82) is 0 Å². The topological polar surface area (TPSA) is 222 Å². The van der Waals surface area contributed by atoms with Crippen LogP contribution in [0.3, 0.4) is 0 Å². The van der Waals surface area contributed by atoms with E-state index < -0.39 is 65.3 Å². The van der Waals surface area contributed by atoms with Crippen LogP contribution in [0.4, 0.5) is 0 Å². The summed E-state index contributed by atoms with van der Waals surface area (Å²) in [6, 6.07) is -0.216. The van der Waals surface area contributed by atoms with E-state index in [9.17, 15) is 33.9 Å². The van der Waals surface area contributed by atoms with Crippen molar-refractivity contribution in [2.75, 3.05) is 12.3 Å². The van der Waals surface area contributed by atoms with Crippen LogP contribution in [0.2, 0.25) is 10.0 Å². The average Bonchev–Trinajstić information content (AvgIpc) is 2.88. The number of benzene rings is 1. The van der Waals surface area contributed by atoms with Crippen molar-refractivity contribution in [1.82, 2.24) is 10.6 Å². The molecule has 0 spiro atoms. The normalized spacial score (nSPS) is 12.9. The van der Waals surface area contributed by atoms with E-state index in [4.69, 9.17) is 43.9 Å². The second-order valence-corrected chi connectivity index (χ2v) is 9.71.